The van der Waals surface area contributed by atoms with Crippen LogP contribution in [-0.4, -0.2) is 18.0 Å². The van der Waals surface area contributed by atoms with Crippen LogP contribution in [-0.2, 0) is 4.79 Å². The van der Waals surface area contributed by atoms with Gasteiger partial charge in [0, 0.05) is 24.4 Å². The van der Waals surface area contributed by atoms with Crippen LogP contribution in [0, 0.1) is 5.92 Å². The molecule has 0 aliphatic heterocycles. The molecule has 0 heterocycles. The molecule has 16 heavy (non-hydrogen) atoms. The second-order valence-electron chi connectivity index (χ2n) is 4.60. The molecule has 0 unspecified atom stereocenters. The molecular weight excluding hydrogens is 200 g/mol. The van der Waals surface area contributed by atoms with Gasteiger partial charge in [0.2, 0.25) is 0 Å². The zero-order chi connectivity index (χ0) is 12.1. The van der Waals surface area contributed by atoms with Crippen molar-refractivity contribution in [3.05, 3.63) is 11.3 Å². The van der Waals surface area contributed by atoms with E-state index in [2.05, 4.69) is 25.8 Å². The lowest BCUT2D eigenvalue weighted by atomic mass is 9.87. The van der Waals surface area contributed by atoms with Gasteiger partial charge in [0.15, 0.2) is 5.78 Å². The molecule has 2 N–H and O–H groups in total. The monoisotopic (exact) mass is 222 g/mol. The van der Waals surface area contributed by atoms with Crippen LogP contribution in [0.3, 0.4) is 0 Å². The third-order valence-electron chi connectivity index (χ3n) is 2.76. The molecule has 90 valence electrons. The van der Waals surface area contributed by atoms with Crippen LogP contribution >= 0.6 is 0 Å². The van der Waals surface area contributed by atoms with Gasteiger partial charge < -0.3 is 5.73 Å². The number of rotatable bonds is 4. The Labute approximate surface area is 97.8 Å². The number of hydrogen-bond acceptors (Lipinski definition) is 3. The molecular formula is C13H22N2O. The van der Waals surface area contributed by atoms with Gasteiger partial charge in [-0.15, -0.1) is 0 Å². The molecule has 0 amide bonds. The van der Waals surface area contributed by atoms with Crippen LogP contribution in [0.4, 0.5) is 0 Å². The van der Waals surface area contributed by atoms with E-state index < -0.39 is 0 Å². The van der Waals surface area contributed by atoms with Gasteiger partial charge in [-0.3, -0.25) is 9.79 Å². The summed E-state index contributed by atoms with van der Waals surface area (Å²) < 4.78 is 0. The summed E-state index contributed by atoms with van der Waals surface area (Å²) in [5, 5.41) is 0. The Hall–Kier alpha value is -1.12. The summed E-state index contributed by atoms with van der Waals surface area (Å²) in [6.45, 7) is 6.99. The second kappa shape index (κ2) is 5.83. The van der Waals surface area contributed by atoms with Gasteiger partial charge in [-0.2, -0.15) is 0 Å². The highest BCUT2D eigenvalue weighted by molar-refractivity contribution is 6.23. The van der Waals surface area contributed by atoms with Crippen molar-refractivity contribution >= 4 is 11.5 Å². The first-order valence-electron chi connectivity index (χ1n) is 6.14. The minimum atomic E-state index is 0.173. The fraction of sp³-hybridized carbons (Fsp3) is 0.692. The van der Waals surface area contributed by atoms with Crippen LogP contribution in [0.1, 0.15) is 46.5 Å². The van der Waals surface area contributed by atoms with E-state index in [0.717, 1.165) is 42.8 Å². The number of Topliss-reactive ketones (excluding diaryl/α,β-unsaturated/α-hetero) is 1. The zero-order valence-corrected chi connectivity index (χ0v) is 10.5. The lowest BCUT2D eigenvalue weighted by Crippen LogP contribution is -2.26. The smallest absolute Gasteiger partial charge is 0.166 e. The van der Waals surface area contributed by atoms with Crippen LogP contribution in [0.5, 0.6) is 0 Å². The van der Waals surface area contributed by atoms with Crippen molar-refractivity contribution in [2.75, 3.05) is 6.54 Å². The fourth-order valence-electron chi connectivity index (χ4n) is 1.96. The minimum Gasteiger partial charge on any atom is -0.401 e. The number of aliphatic imine (C=N–C) groups is 1. The first-order valence-corrected chi connectivity index (χ1v) is 6.14. The van der Waals surface area contributed by atoms with Gasteiger partial charge in [0.05, 0.1) is 5.57 Å². The number of ketones is 1. The molecule has 1 aliphatic rings. The number of carbonyl (C=O) groups excluding carboxylic acids is 1. The summed E-state index contributed by atoms with van der Waals surface area (Å²) >= 11 is 0. The van der Waals surface area contributed by atoms with Crippen LogP contribution in [0.2, 0.25) is 0 Å². The maximum atomic E-state index is 11.9. The Bertz CT molecular complexity index is 327. The first kappa shape index (κ1) is 12.9. The highest BCUT2D eigenvalue weighted by Crippen LogP contribution is 2.22. The van der Waals surface area contributed by atoms with Gasteiger partial charge >= 0.3 is 0 Å². The lowest BCUT2D eigenvalue weighted by molar-refractivity contribution is -0.115. The van der Waals surface area contributed by atoms with Crippen molar-refractivity contribution in [2.24, 2.45) is 16.6 Å². The van der Waals surface area contributed by atoms with Crippen LogP contribution in [0.25, 0.3) is 0 Å². The van der Waals surface area contributed by atoms with Crippen LogP contribution in [0.15, 0.2) is 16.3 Å². The molecule has 0 atom stereocenters. The number of carbonyl (C=O) groups is 1. The van der Waals surface area contributed by atoms with Crippen molar-refractivity contribution in [3.8, 4) is 0 Å². The fourth-order valence-corrected chi connectivity index (χ4v) is 1.96. The normalized spacial score (nSPS) is 18.5. The molecule has 3 nitrogen and oxygen atoms in total. The molecule has 0 fully saturated rings. The summed E-state index contributed by atoms with van der Waals surface area (Å²) in [7, 11) is 0. The molecule has 1 aliphatic carbocycles. The van der Waals surface area contributed by atoms with E-state index in [1.807, 2.05) is 0 Å². The summed E-state index contributed by atoms with van der Waals surface area (Å²) in [5.74, 6) is 0.439. The van der Waals surface area contributed by atoms with E-state index in [0.29, 0.717) is 6.42 Å². The van der Waals surface area contributed by atoms with E-state index in [1.54, 1.807) is 0 Å². The van der Waals surface area contributed by atoms with Gasteiger partial charge in [-0.25, -0.2) is 0 Å². The van der Waals surface area contributed by atoms with E-state index in [4.69, 9.17) is 5.73 Å². The summed E-state index contributed by atoms with van der Waals surface area (Å²) in [4.78, 5) is 16.4. The van der Waals surface area contributed by atoms with Gasteiger partial charge in [-0.05, 0) is 25.2 Å². The first-order chi connectivity index (χ1) is 7.57. The van der Waals surface area contributed by atoms with Gasteiger partial charge in [0.25, 0.3) is 0 Å². The third-order valence-corrected chi connectivity index (χ3v) is 2.76. The number of nitrogens with zero attached hydrogens (tertiary/aromatic N) is 1. The average molecular weight is 222 g/mol. The van der Waals surface area contributed by atoms with Crippen molar-refractivity contribution < 1.29 is 4.79 Å². The molecule has 3 heteroatoms. The lowest BCUT2D eigenvalue weighted by Gasteiger charge is -2.20. The van der Waals surface area contributed by atoms with E-state index in [9.17, 15) is 4.79 Å². The Balaban J connectivity index is 3.05. The molecule has 0 aromatic heterocycles. The molecule has 0 aromatic carbocycles. The molecule has 0 aromatic rings. The van der Waals surface area contributed by atoms with Crippen molar-refractivity contribution in [3.63, 3.8) is 0 Å². The minimum absolute atomic E-state index is 0.173. The molecule has 0 saturated carbocycles. The Morgan fingerprint density at radius 3 is 2.62 bits per heavy atom. The van der Waals surface area contributed by atoms with E-state index >= 15 is 0 Å². The van der Waals surface area contributed by atoms with Crippen molar-refractivity contribution in [1.82, 2.24) is 0 Å². The Kier molecular flexibility index (Phi) is 4.71. The summed E-state index contributed by atoms with van der Waals surface area (Å²) in [6.07, 6.45) is 3.33. The van der Waals surface area contributed by atoms with Crippen LogP contribution < -0.4 is 5.73 Å². The Morgan fingerprint density at radius 1 is 1.44 bits per heavy atom. The predicted molar refractivity (Wildman–Crippen MR) is 67.5 cm³/mol. The SMILES string of the molecule is CCCN=C(C1=C(N)CCCC1=O)C(C)C. The largest absolute Gasteiger partial charge is 0.401 e. The zero-order valence-electron chi connectivity index (χ0n) is 10.5. The molecule has 0 saturated heterocycles. The molecule has 0 spiro atoms. The van der Waals surface area contributed by atoms with Crippen molar-refractivity contribution in [1.29, 1.82) is 0 Å². The standard InChI is InChI=1S/C13H22N2O/c1-4-8-15-13(9(2)3)12-10(14)6-5-7-11(12)16/h9H,4-8,14H2,1-3H3. The Morgan fingerprint density at radius 2 is 2.12 bits per heavy atom. The quantitative estimate of drug-likeness (QED) is 0.743. The van der Waals surface area contributed by atoms with Crippen molar-refractivity contribution in [2.45, 2.75) is 46.5 Å². The summed E-state index contributed by atoms with van der Waals surface area (Å²) in [6, 6.07) is 0. The highest BCUT2D eigenvalue weighted by Gasteiger charge is 2.24. The topological polar surface area (TPSA) is 55.4 Å². The number of allylic oxidation sites excluding steroid dienone is 2. The number of hydrogen-bond donors (Lipinski definition) is 1. The van der Waals surface area contributed by atoms with E-state index in [1.165, 1.54) is 0 Å². The predicted octanol–water partition coefficient (Wildman–Crippen LogP) is 2.46. The number of nitrogens with two attached hydrogens (primary N) is 1. The average Bonchev–Trinajstić information content (AvgIpc) is 2.21. The third kappa shape index (κ3) is 2.94. The summed E-state index contributed by atoms with van der Waals surface area (Å²) in [5.41, 5.74) is 8.32. The maximum absolute atomic E-state index is 11.9. The maximum Gasteiger partial charge on any atom is 0.166 e. The second-order valence-corrected chi connectivity index (χ2v) is 4.60. The molecule has 1 rings (SSSR count). The molecule has 0 radical (unpaired) electrons. The van der Waals surface area contributed by atoms with E-state index in [-0.39, 0.29) is 11.7 Å². The van der Waals surface area contributed by atoms with Gasteiger partial charge in [0.1, 0.15) is 0 Å². The van der Waals surface area contributed by atoms with Gasteiger partial charge in [-0.1, -0.05) is 20.8 Å². The highest BCUT2D eigenvalue weighted by atomic mass is 16.1. The molecule has 0 bridgehead atoms.